The number of piperidine rings is 1. The Morgan fingerprint density at radius 3 is 2.67 bits per heavy atom. The number of nitrogens with zero attached hydrogens (tertiary/aromatic N) is 1. The van der Waals surface area contributed by atoms with Crippen molar-refractivity contribution >= 4 is 17.5 Å². The van der Waals surface area contributed by atoms with Gasteiger partial charge in [-0.3, -0.25) is 9.59 Å². The number of rotatable bonds is 5. The Kier molecular flexibility index (Phi) is 5.41. The van der Waals surface area contributed by atoms with Crippen LogP contribution in [0.3, 0.4) is 0 Å². The van der Waals surface area contributed by atoms with Crippen molar-refractivity contribution in [2.45, 2.75) is 51.2 Å². The van der Waals surface area contributed by atoms with Gasteiger partial charge in [-0.1, -0.05) is 32.0 Å². The van der Waals surface area contributed by atoms with Crippen LogP contribution < -0.4 is 16.0 Å². The van der Waals surface area contributed by atoms with Gasteiger partial charge in [-0.2, -0.15) is 5.26 Å². The lowest BCUT2D eigenvalue weighted by molar-refractivity contribution is -0.125. The first-order chi connectivity index (χ1) is 15.8. The molecule has 3 aliphatic rings. The van der Waals surface area contributed by atoms with Crippen LogP contribution in [0.2, 0.25) is 0 Å². The number of hydrogen-bond donors (Lipinski definition) is 3. The van der Waals surface area contributed by atoms with Crippen LogP contribution in [0.25, 0.3) is 11.1 Å². The van der Waals surface area contributed by atoms with Crippen LogP contribution in [0.4, 0.5) is 10.1 Å². The lowest BCUT2D eigenvalue weighted by Crippen LogP contribution is -2.54. The van der Waals surface area contributed by atoms with Crippen molar-refractivity contribution in [1.82, 2.24) is 10.6 Å². The summed E-state index contributed by atoms with van der Waals surface area (Å²) >= 11 is 0. The topological polar surface area (TPSA) is 94.0 Å². The third-order valence-electron chi connectivity index (χ3n) is 7.78. The fourth-order valence-corrected chi connectivity index (χ4v) is 5.67. The Morgan fingerprint density at radius 1 is 1.21 bits per heavy atom. The highest BCUT2D eigenvalue weighted by Gasteiger charge is 2.51. The molecule has 6 nitrogen and oxygen atoms in total. The van der Waals surface area contributed by atoms with E-state index >= 15 is 0 Å². The van der Waals surface area contributed by atoms with E-state index in [1.165, 1.54) is 6.07 Å². The van der Waals surface area contributed by atoms with Gasteiger partial charge < -0.3 is 16.0 Å². The van der Waals surface area contributed by atoms with Crippen molar-refractivity contribution < 1.29 is 14.0 Å². The summed E-state index contributed by atoms with van der Waals surface area (Å²) in [5, 5.41) is 18.6. The minimum absolute atomic E-state index is 0.0436. The zero-order valence-corrected chi connectivity index (χ0v) is 18.7. The molecule has 1 saturated carbocycles. The Morgan fingerprint density at radius 2 is 1.97 bits per heavy atom. The van der Waals surface area contributed by atoms with Gasteiger partial charge in [0.25, 0.3) is 0 Å². The van der Waals surface area contributed by atoms with E-state index in [2.05, 4.69) is 35.9 Å². The van der Waals surface area contributed by atoms with Crippen molar-refractivity contribution in [2.75, 3.05) is 5.32 Å². The minimum Gasteiger partial charge on any atom is -0.339 e. The molecule has 2 aliphatic heterocycles. The van der Waals surface area contributed by atoms with Gasteiger partial charge in [0.05, 0.1) is 18.5 Å². The van der Waals surface area contributed by atoms with Crippen LogP contribution in [0.5, 0.6) is 0 Å². The Labute approximate surface area is 192 Å². The summed E-state index contributed by atoms with van der Waals surface area (Å²) in [5.41, 5.74) is 3.60. The zero-order valence-electron chi connectivity index (χ0n) is 18.7. The summed E-state index contributed by atoms with van der Waals surface area (Å²) in [4.78, 5) is 24.4. The standard InChI is InChI=1S/C26H27FN4O2/c1-13-14(2)23-11-20(13)25(31-23)26(33)29-19(12-28)8-17-4-3-16(9-21(17)27)15-5-6-22-18(7-15)10-24(32)30-22/h3-7,9,13-14,19-20,23,25,31H,8,10-11H2,1-2H3,(H,29,33)(H,30,32)/t13-,14+,19+,20+,23+,25+/m1/s1. The fourth-order valence-electron chi connectivity index (χ4n) is 5.67. The molecule has 2 fully saturated rings. The third-order valence-corrected chi connectivity index (χ3v) is 7.78. The third kappa shape index (κ3) is 3.89. The highest BCUT2D eigenvalue weighted by Crippen LogP contribution is 2.44. The molecule has 0 spiro atoms. The van der Waals surface area contributed by atoms with Gasteiger partial charge in [-0.05, 0) is 64.6 Å². The van der Waals surface area contributed by atoms with Crippen molar-refractivity contribution in [3.05, 3.63) is 53.3 Å². The van der Waals surface area contributed by atoms with Crippen LogP contribution in [-0.4, -0.2) is 29.9 Å². The molecule has 2 aromatic carbocycles. The molecule has 1 saturated heterocycles. The molecule has 3 N–H and O–H groups in total. The average molecular weight is 447 g/mol. The highest BCUT2D eigenvalue weighted by atomic mass is 19.1. The number of carbonyl (C=O) groups excluding carboxylic acids is 2. The molecule has 0 aromatic heterocycles. The van der Waals surface area contributed by atoms with Crippen molar-refractivity contribution in [3.8, 4) is 17.2 Å². The monoisotopic (exact) mass is 446 g/mol. The number of nitriles is 1. The number of hydrogen-bond acceptors (Lipinski definition) is 4. The van der Waals surface area contributed by atoms with Gasteiger partial charge >= 0.3 is 0 Å². The Balaban J connectivity index is 1.26. The summed E-state index contributed by atoms with van der Waals surface area (Å²) in [6.07, 6.45) is 1.41. The van der Waals surface area contributed by atoms with Gasteiger partial charge in [0.1, 0.15) is 11.9 Å². The molecule has 2 amide bonds. The smallest absolute Gasteiger partial charge is 0.238 e. The number of benzene rings is 2. The van der Waals surface area contributed by atoms with Crippen molar-refractivity contribution in [1.29, 1.82) is 5.26 Å². The molecule has 1 aliphatic carbocycles. The quantitative estimate of drug-likeness (QED) is 0.658. The number of nitrogens with one attached hydrogen (secondary N) is 3. The number of amides is 2. The second-order valence-corrected chi connectivity index (χ2v) is 9.67. The molecular weight excluding hydrogens is 419 g/mol. The summed E-state index contributed by atoms with van der Waals surface area (Å²) < 4.78 is 14.9. The predicted octanol–water partition coefficient (Wildman–Crippen LogP) is 3.17. The molecule has 0 unspecified atom stereocenters. The first-order valence-corrected chi connectivity index (χ1v) is 11.5. The van der Waals surface area contributed by atoms with E-state index in [9.17, 15) is 19.2 Å². The number of anilines is 1. The number of fused-ring (bicyclic) bond motifs is 3. The molecule has 0 radical (unpaired) electrons. The fraction of sp³-hybridized carbons (Fsp3) is 0.423. The summed E-state index contributed by atoms with van der Waals surface area (Å²) in [6.45, 7) is 4.39. The summed E-state index contributed by atoms with van der Waals surface area (Å²) in [5.74, 6) is 0.644. The maximum Gasteiger partial charge on any atom is 0.238 e. The van der Waals surface area contributed by atoms with Gasteiger partial charge in [0, 0.05) is 18.2 Å². The normalized spacial score (nSPS) is 28.2. The molecule has 33 heavy (non-hydrogen) atoms. The van der Waals surface area contributed by atoms with E-state index in [0.29, 0.717) is 35.4 Å². The van der Waals surface area contributed by atoms with Crippen LogP contribution in [0.15, 0.2) is 36.4 Å². The minimum atomic E-state index is -0.802. The maximum absolute atomic E-state index is 14.9. The van der Waals surface area contributed by atoms with E-state index in [1.54, 1.807) is 12.1 Å². The van der Waals surface area contributed by atoms with Crippen LogP contribution in [0, 0.1) is 34.9 Å². The predicted molar refractivity (Wildman–Crippen MR) is 123 cm³/mol. The van der Waals surface area contributed by atoms with Gasteiger partial charge in [-0.25, -0.2) is 4.39 Å². The lowest BCUT2D eigenvalue weighted by atomic mass is 9.84. The summed E-state index contributed by atoms with van der Waals surface area (Å²) in [7, 11) is 0. The van der Waals surface area contributed by atoms with Crippen molar-refractivity contribution in [2.24, 2.45) is 17.8 Å². The lowest BCUT2D eigenvalue weighted by Gasteiger charge is -2.32. The summed E-state index contributed by atoms with van der Waals surface area (Å²) in [6, 6.07) is 11.8. The highest BCUT2D eigenvalue weighted by molar-refractivity contribution is 5.99. The number of halogens is 1. The maximum atomic E-state index is 14.9. The second kappa shape index (κ2) is 8.27. The molecule has 2 heterocycles. The van der Waals surface area contributed by atoms with E-state index in [4.69, 9.17) is 0 Å². The van der Waals surface area contributed by atoms with Gasteiger partial charge in [0.15, 0.2) is 0 Å². The average Bonchev–Trinajstić information content (AvgIpc) is 3.47. The molecule has 2 aromatic rings. The zero-order chi connectivity index (χ0) is 23.3. The van der Waals surface area contributed by atoms with Crippen LogP contribution in [0.1, 0.15) is 31.4 Å². The van der Waals surface area contributed by atoms with Crippen LogP contribution >= 0.6 is 0 Å². The van der Waals surface area contributed by atoms with Gasteiger partial charge in [-0.15, -0.1) is 0 Å². The van der Waals surface area contributed by atoms with Crippen molar-refractivity contribution in [3.63, 3.8) is 0 Å². The SMILES string of the molecule is C[C@@H]1[C@H](C)[C@@H]2C[C@@H]1[C@@H](C(=O)N[C@H](C#N)Cc1ccc(-c3ccc4c(c3)CC(=O)N4)cc1F)N2. The van der Waals surface area contributed by atoms with Crippen LogP contribution in [-0.2, 0) is 22.4 Å². The molecule has 2 bridgehead atoms. The second-order valence-electron chi connectivity index (χ2n) is 9.67. The van der Waals surface area contributed by atoms with Gasteiger partial charge in [0.2, 0.25) is 11.8 Å². The largest absolute Gasteiger partial charge is 0.339 e. The van der Waals surface area contributed by atoms with E-state index in [-0.39, 0.29) is 30.2 Å². The number of carbonyl (C=O) groups is 2. The molecule has 5 rings (SSSR count). The van der Waals surface area contributed by atoms with E-state index in [1.807, 2.05) is 18.2 Å². The first-order valence-electron chi connectivity index (χ1n) is 11.5. The van der Waals surface area contributed by atoms with E-state index < -0.39 is 11.9 Å². The molecule has 170 valence electrons. The van der Waals surface area contributed by atoms with E-state index in [0.717, 1.165) is 23.2 Å². The first kappa shape index (κ1) is 21.6. The molecule has 7 heteroatoms. The Hall–Kier alpha value is -3.24. The Bertz CT molecular complexity index is 1170. The molecular formula is C26H27FN4O2. The molecule has 6 atom stereocenters.